The highest BCUT2D eigenvalue weighted by Gasteiger charge is 2.28. The second kappa shape index (κ2) is 7.48. The van der Waals surface area contributed by atoms with Crippen LogP contribution in [0.2, 0.25) is 0 Å². The monoisotopic (exact) mass is 420 g/mol. The maximum Gasteiger partial charge on any atom is 0.387 e. The number of halogens is 3. The molecule has 1 atom stereocenters. The third-order valence-corrected chi connectivity index (χ3v) is 4.42. The number of rotatable bonds is 6. The zero-order valence-electron chi connectivity index (χ0n) is 16.4. The third-order valence-electron chi connectivity index (χ3n) is 4.42. The number of anilines is 1. The summed E-state index contributed by atoms with van der Waals surface area (Å²) < 4.78 is 45.2. The van der Waals surface area contributed by atoms with Gasteiger partial charge in [-0.3, -0.25) is 0 Å². The average molecular weight is 420 g/mol. The molecule has 0 saturated carbocycles. The largest absolute Gasteiger partial charge is 0.434 e. The lowest BCUT2D eigenvalue weighted by atomic mass is 10.1. The summed E-state index contributed by atoms with van der Waals surface area (Å²) in [5.41, 5.74) is 3.42. The van der Waals surface area contributed by atoms with Crippen molar-refractivity contribution >= 4 is 17.3 Å². The van der Waals surface area contributed by atoms with Gasteiger partial charge in [0.25, 0.3) is 0 Å². The van der Waals surface area contributed by atoms with Crippen molar-refractivity contribution < 1.29 is 22.7 Å². The summed E-state index contributed by atoms with van der Waals surface area (Å²) in [5, 5.41) is 7.32. The third kappa shape index (κ3) is 4.01. The van der Waals surface area contributed by atoms with Crippen LogP contribution in [0.15, 0.2) is 41.7 Å². The first-order valence-corrected chi connectivity index (χ1v) is 9.11. The van der Waals surface area contributed by atoms with E-state index >= 15 is 0 Å². The number of ether oxygens (including phenoxy) is 1. The van der Waals surface area contributed by atoms with E-state index < -0.39 is 24.2 Å². The number of nitrogens with one attached hydrogen (secondary N) is 2. The van der Waals surface area contributed by atoms with Crippen LogP contribution >= 0.6 is 0 Å². The van der Waals surface area contributed by atoms with E-state index in [2.05, 4.69) is 30.6 Å². The van der Waals surface area contributed by atoms with Gasteiger partial charge < -0.3 is 10.1 Å². The average Bonchev–Trinajstić information content (AvgIpc) is 3.25. The van der Waals surface area contributed by atoms with E-state index in [9.17, 15) is 13.2 Å². The summed E-state index contributed by atoms with van der Waals surface area (Å²) in [5.74, 6) is 0.254. The van der Waals surface area contributed by atoms with Crippen LogP contribution in [0.4, 0.5) is 19.0 Å². The Morgan fingerprint density at radius 3 is 2.77 bits per heavy atom. The molecule has 8 nitrogen and oxygen atoms in total. The minimum atomic E-state index is -3.02. The van der Waals surface area contributed by atoms with Gasteiger partial charge in [-0.2, -0.15) is 13.9 Å². The van der Waals surface area contributed by atoms with Crippen molar-refractivity contribution in [2.24, 2.45) is 4.99 Å². The van der Waals surface area contributed by atoms with Crippen molar-refractivity contribution in [3.63, 3.8) is 0 Å². The van der Waals surface area contributed by atoms with Crippen LogP contribution < -0.4 is 15.5 Å². The van der Waals surface area contributed by atoms with E-state index in [0.29, 0.717) is 22.9 Å². The standard InChI is InChI=1S/C19H19F3N6O2/c1-10(12-8-11(20)4-5-14(12)29-18(21)22)24-15-6-7-28-17(25-15)13(9-23-28)16-26-19(2,3)30-27-16/h4-10,18H,1-3H3,(H,24,25)(H,26,27)/t10-/m1/s1. The van der Waals surface area contributed by atoms with Crippen LogP contribution in [0, 0.1) is 5.82 Å². The number of amidine groups is 1. The zero-order chi connectivity index (χ0) is 21.5. The van der Waals surface area contributed by atoms with Gasteiger partial charge in [0.15, 0.2) is 17.2 Å². The van der Waals surface area contributed by atoms with E-state index in [1.54, 1.807) is 43.7 Å². The van der Waals surface area contributed by atoms with Crippen LogP contribution in [0.1, 0.15) is 37.9 Å². The highest BCUT2D eigenvalue weighted by atomic mass is 19.3. The molecule has 1 aliphatic heterocycles. The van der Waals surface area contributed by atoms with Crippen molar-refractivity contribution in [2.75, 3.05) is 5.32 Å². The predicted molar refractivity (Wildman–Crippen MR) is 103 cm³/mol. The molecule has 3 heterocycles. The fourth-order valence-electron chi connectivity index (χ4n) is 3.08. The number of aliphatic imine (C=N–C) groups is 1. The molecule has 0 radical (unpaired) electrons. The molecule has 0 aliphatic carbocycles. The number of hydrogen-bond donors (Lipinski definition) is 2. The first-order valence-electron chi connectivity index (χ1n) is 9.11. The Balaban J connectivity index is 1.64. The van der Waals surface area contributed by atoms with Crippen LogP contribution in [0.25, 0.3) is 5.65 Å². The van der Waals surface area contributed by atoms with Crippen LogP contribution in [0.5, 0.6) is 5.75 Å². The Hall–Kier alpha value is -3.34. The van der Waals surface area contributed by atoms with E-state index in [0.717, 1.165) is 12.1 Å². The predicted octanol–water partition coefficient (Wildman–Crippen LogP) is 3.66. The minimum absolute atomic E-state index is 0.110. The van der Waals surface area contributed by atoms with Crippen molar-refractivity contribution in [3.8, 4) is 5.75 Å². The number of alkyl halides is 2. The van der Waals surface area contributed by atoms with E-state index in [1.807, 2.05) is 0 Å². The number of hydroxylamine groups is 1. The molecule has 11 heteroatoms. The van der Waals surface area contributed by atoms with E-state index in [4.69, 9.17) is 4.84 Å². The lowest BCUT2D eigenvalue weighted by molar-refractivity contribution is -0.0506. The summed E-state index contributed by atoms with van der Waals surface area (Å²) in [6.07, 6.45) is 3.29. The second-order valence-corrected chi connectivity index (χ2v) is 7.18. The Kier molecular flexibility index (Phi) is 4.98. The fraction of sp³-hybridized carbons (Fsp3) is 0.316. The summed E-state index contributed by atoms with van der Waals surface area (Å²) in [7, 11) is 0. The highest BCUT2D eigenvalue weighted by Crippen LogP contribution is 2.30. The summed E-state index contributed by atoms with van der Waals surface area (Å²) in [4.78, 5) is 14.4. The van der Waals surface area contributed by atoms with Gasteiger partial charge in [-0.05, 0) is 45.0 Å². The van der Waals surface area contributed by atoms with Gasteiger partial charge in [-0.15, -0.1) is 0 Å². The molecule has 0 unspecified atom stereocenters. The Morgan fingerprint density at radius 2 is 2.07 bits per heavy atom. The number of hydrogen-bond acceptors (Lipinski definition) is 7. The van der Waals surface area contributed by atoms with Crippen LogP contribution in [-0.2, 0) is 4.84 Å². The SMILES string of the molecule is C[C@@H](Nc1ccn2ncc(C3=NC(C)(C)ON3)c2n1)c1cc(F)ccc1OC(F)F. The first kappa shape index (κ1) is 20.0. The Bertz CT molecular complexity index is 1110. The van der Waals surface area contributed by atoms with Gasteiger partial charge in [0.2, 0.25) is 0 Å². The van der Waals surface area contributed by atoms with Gasteiger partial charge in [0, 0.05) is 11.8 Å². The number of fused-ring (bicyclic) bond motifs is 1. The molecular formula is C19H19F3N6O2. The highest BCUT2D eigenvalue weighted by molar-refractivity contribution is 6.03. The Morgan fingerprint density at radius 1 is 1.27 bits per heavy atom. The summed E-state index contributed by atoms with van der Waals surface area (Å²) >= 11 is 0. The maximum absolute atomic E-state index is 13.7. The van der Waals surface area contributed by atoms with Gasteiger partial charge in [0.05, 0.1) is 17.8 Å². The molecular weight excluding hydrogens is 401 g/mol. The van der Waals surface area contributed by atoms with Gasteiger partial charge in [-0.1, -0.05) is 0 Å². The molecule has 0 fully saturated rings. The number of aromatic nitrogens is 3. The topological polar surface area (TPSA) is 85.1 Å². The summed E-state index contributed by atoms with van der Waals surface area (Å²) in [6.45, 7) is 2.28. The lowest BCUT2D eigenvalue weighted by Gasteiger charge is -2.19. The molecule has 1 aromatic carbocycles. The van der Waals surface area contributed by atoms with E-state index in [1.165, 1.54) is 6.07 Å². The smallest absolute Gasteiger partial charge is 0.387 e. The first-order chi connectivity index (χ1) is 14.2. The van der Waals surface area contributed by atoms with Crippen LogP contribution in [-0.4, -0.2) is 32.8 Å². The lowest BCUT2D eigenvalue weighted by Crippen LogP contribution is -2.23. The van der Waals surface area contributed by atoms with Crippen molar-refractivity contribution in [3.05, 3.63) is 53.6 Å². The molecule has 0 amide bonds. The molecule has 158 valence electrons. The second-order valence-electron chi connectivity index (χ2n) is 7.18. The quantitative estimate of drug-likeness (QED) is 0.633. The van der Waals surface area contributed by atoms with Crippen molar-refractivity contribution in [2.45, 2.75) is 39.1 Å². The number of nitrogens with zero attached hydrogens (tertiary/aromatic N) is 4. The molecule has 3 aromatic rings. The van der Waals surface area contributed by atoms with E-state index in [-0.39, 0.29) is 11.3 Å². The van der Waals surface area contributed by atoms with Crippen molar-refractivity contribution in [1.29, 1.82) is 0 Å². The molecule has 4 rings (SSSR count). The molecule has 0 spiro atoms. The van der Waals surface area contributed by atoms with Gasteiger partial charge in [-0.25, -0.2) is 29.2 Å². The molecule has 2 N–H and O–H groups in total. The molecule has 1 aliphatic rings. The summed E-state index contributed by atoms with van der Waals surface area (Å²) in [6, 6.07) is 4.48. The molecule has 0 saturated heterocycles. The fourth-order valence-corrected chi connectivity index (χ4v) is 3.08. The molecule has 2 aromatic heterocycles. The maximum atomic E-state index is 13.7. The number of benzene rings is 1. The molecule has 30 heavy (non-hydrogen) atoms. The van der Waals surface area contributed by atoms with Gasteiger partial charge in [0.1, 0.15) is 17.4 Å². The van der Waals surface area contributed by atoms with Crippen molar-refractivity contribution in [1.82, 2.24) is 20.1 Å². The zero-order valence-corrected chi connectivity index (χ0v) is 16.4. The van der Waals surface area contributed by atoms with Crippen LogP contribution in [0.3, 0.4) is 0 Å². The molecule has 0 bridgehead atoms. The normalized spacial score (nSPS) is 16.4. The minimum Gasteiger partial charge on any atom is -0.434 e. The Labute approximate surface area is 169 Å². The van der Waals surface area contributed by atoms with Gasteiger partial charge >= 0.3 is 6.61 Å².